The van der Waals surface area contributed by atoms with Crippen LogP contribution in [-0.4, -0.2) is 111 Å². The molecule has 206 valence electrons. The number of aldehydes is 1. The predicted molar refractivity (Wildman–Crippen MR) is 122 cm³/mol. The molecule has 8 N–H and O–H groups in total. The topological polar surface area (TPSA) is 246 Å². The van der Waals surface area contributed by atoms with Gasteiger partial charge in [0.25, 0.3) is 0 Å². The van der Waals surface area contributed by atoms with Crippen molar-refractivity contribution in [1.29, 1.82) is 0 Å². The number of carbonyl (C=O) groups is 6. The highest BCUT2D eigenvalue weighted by atomic mass is 16.5. The average Bonchev–Trinajstić information content (AvgIpc) is 2.81. The summed E-state index contributed by atoms with van der Waals surface area (Å²) in [6.07, 6.45) is -7.24. The summed E-state index contributed by atoms with van der Waals surface area (Å²) in [5, 5.41) is 42.9. The molecule has 0 fully saturated rings. The quantitative estimate of drug-likeness (QED) is 0.102. The number of nitrogens with two attached hydrogens (primary N) is 1. The van der Waals surface area contributed by atoms with Crippen molar-refractivity contribution in [3.05, 3.63) is 0 Å². The van der Waals surface area contributed by atoms with Crippen LogP contribution < -0.4 is 16.4 Å². The molecule has 15 nitrogen and oxygen atoms in total. The summed E-state index contributed by atoms with van der Waals surface area (Å²) < 4.78 is 5.71. The maximum atomic E-state index is 13.4. The lowest BCUT2D eigenvalue weighted by Crippen LogP contribution is -2.58. The van der Waals surface area contributed by atoms with Crippen molar-refractivity contribution in [3.63, 3.8) is 0 Å². The summed E-state index contributed by atoms with van der Waals surface area (Å²) in [5.41, 5.74) is 5.34. The lowest BCUT2D eigenvalue weighted by atomic mass is 9.95. The Hall–Kier alpha value is -3.14. The molecule has 0 aliphatic rings. The van der Waals surface area contributed by atoms with Crippen LogP contribution in [0.1, 0.15) is 40.0 Å². The van der Waals surface area contributed by atoms with Crippen LogP contribution in [0.15, 0.2) is 0 Å². The molecule has 0 aliphatic heterocycles. The number of rotatable bonds is 16. The lowest BCUT2D eigenvalue weighted by molar-refractivity contribution is -0.161. The Morgan fingerprint density at radius 3 is 2.14 bits per heavy atom. The summed E-state index contributed by atoms with van der Waals surface area (Å²) in [5.74, 6) is -5.24. The molecular weight excluding hydrogens is 484 g/mol. The Balaban J connectivity index is 6.22. The number of primary amides is 1. The van der Waals surface area contributed by atoms with E-state index in [9.17, 15) is 44.1 Å². The summed E-state index contributed by atoms with van der Waals surface area (Å²) in [7, 11) is 1.18. The van der Waals surface area contributed by atoms with Crippen molar-refractivity contribution < 1.29 is 53.9 Å². The van der Waals surface area contributed by atoms with Gasteiger partial charge in [-0.15, -0.1) is 0 Å². The van der Waals surface area contributed by atoms with Crippen molar-refractivity contribution in [2.45, 2.75) is 76.5 Å². The number of amides is 5. The molecule has 7 atom stereocenters. The van der Waals surface area contributed by atoms with E-state index >= 15 is 0 Å². The van der Waals surface area contributed by atoms with Gasteiger partial charge in [0, 0.05) is 20.4 Å². The van der Waals surface area contributed by atoms with Crippen LogP contribution in [0.2, 0.25) is 0 Å². The van der Waals surface area contributed by atoms with E-state index in [-0.39, 0.29) is 12.7 Å². The molecule has 0 bridgehead atoms. The molecule has 0 aromatic rings. The number of imide groups is 1. The Labute approximate surface area is 207 Å². The van der Waals surface area contributed by atoms with Gasteiger partial charge in [-0.1, -0.05) is 6.92 Å². The number of aliphatic hydroxyl groups excluding tert-OH is 3. The Morgan fingerprint density at radius 1 is 1.17 bits per heavy atom. The maximum Gasteiger partial charge on any atom is 0.324 e. The number of aliphatic hydroxyl groups is 3. The molecule has 0 aromatic heterocycles. The van der Waals surface area contributed by atoms with Gasteiger partial charge in [0.15, 0.2) is 0 Å². The molecule has 0 rings (SSSR count). The largest absolute Gasteiger partial charge is 0.481 e. The van der Waals surface area contributed by atoms with Crippen LogP contribution in [-0.2, 0) is 28.7 Å². The van der Waals surface area contributed by atoms with Crippen LogP contribution in [0.25, 0.3) is 0 Å². The molecule has 0 radical (unpaired) electrons. The third-order valence-corrected chi connectivity index (χ3v) is 5.43. The third kappa shape index (κ3) is 9.49. The van der Waals surface area contributed by atoms with Crippen molar-refractivity contribution in [2.75, 3.05) is 13.7 Å². The zero-order chi connectivity index (χ0) is 28.2. The number of aliphatic carboxylic acids is 1. The standard InChI is InChI=1S/C21H36N4O11/c1-5-12(20(34)25(21(35)23-4)14(19(22)33)6-7-16(30)31)10(2)36-18(17(32)15(29)9-27)13(8-26)24-11(3)28/h8,10,12-15,17-18,27,29,32H,5-7,9H2,1-4H3,(H2,22,33)(H,23,35)(H,24,28)(H,30,31)/t10?,12?,13-,14?,15+,17+,18+/m0/s1. The van der Waals surface area contributed by atoms with E-state index in [0.29, 0.717) is 4.90 Å². The fourth-order valence-electron chi connectivity index (χ4n) is 3.54. The molecule has 0 heterocycles. The molecule has 0 aliphatic carbocycles. The SMILES string of the molecule is CCC(C(=O)N(C(=O)NC)C(CCC(=O)O)C(N)=O)C(C)O[C@@H]([C@H](O)[C@H](O)CO)[C@H](C=O)NC(C)=O. The van der Waals surface area contributed by atoms with Gasteiger partial charge in [-0.3, -0.25) is 24.1 Å². The number of ether oxygens (including phenoxy) is 1. The average molecular weight is 521 g/mol. The van der Waals surface area contributed by atoms with E-state index in [4.69, 9.17) is 15.6 Å². The van der Waals surface area contributed by atoms with Crippen LogP contribution >= 0.6 is 0 Å². The Kier molecular flexibility index (Phi) is 14.4. The van der Waals surface area contributed by atoms with Crippen molar-refractivity contribution in [3.8, 4) is 0 Å². The fourth-order valence-corrected chi connectivity index (χ4v) is 3.54. The monoisotopic (exact) mass is 520 g/mol. The second-order valence-corrected chi connectivity index (χ2v) is 8.04. The minimum absolute atomic E-state index is 0.00910. The van der Waals surface area contributed by atoms with Gasteiger partial charge in [0.1, 0.15) is 36.7 Å². The Morgan fingerprint density at radius 2 is 1.75 bits per heavy atom. The fraction of sp³-hybridized carbons (Fsp3) is 0.714. The molecule has 3 unspecified atom stereocenters. The molecule has 36 heavy (non-hydrogen) atoms. The molecular formula is C21H36N4O11. The number of nitrogens with one attached hydrogen (secondary N) is 2. The van der Waals surface area contributed by atoms with E-state index in [2.05, 4.69) is 10.6 Å². The van der Waals surface area contributed by atoms with Crippen molar-refractivity contribution in [2.24, 2.45) is 11.7 Å². The van der Waals surface area contributed by atoms with E-state index in [1.54, 1.807) is 6.92 Å². The number of nitrogens with zero attached hydrogens (tertiary/aromatic N) is 1. The van der Waals surface area contributed by atoms with Crippen LogP contribution in [0, 0.1) is 5.92 Å². The van der Waals surface area contributed by atoms with E-state index in [1.807, 2.05) is 0 Å². The first-order valence-electron chi connectivity index (χ1n) is 11.2. The highest BCUT2D eigenvalue weighted by Gasteiger charge is 2.41. The first kappa shape index (κ1) is 32.9. The van der Waals surface area contributed by atoms with Crippen LogP contribution in [0.4, 0.5) is 4.79 Å². The number of carbonyl (C=O) groups excluding carboxylic acids is 5. The van der Waals surface area contributed by atoms with Gasteiger partial charge in [0.2, 0.25) is 17.7 Å². The Bertz CT molecular complexity index is 794. The highest BCUT2D eigenvalue weighted by Crippen LogP contribution is 2.23. The van der Waals surface area contributed by atoms with E-state index in [0.717, 1.165) is 6.92 Å². The zero-order valence-corrected chi connectivity index (χ0v) is 20.6. The number of carboxylic acids is 1. The highest BCUT2D eigenvalue weighted by molar-refractivity contribution is 6.00. The van der Waals surface area contributed by atoms with E-state index < -0.39 is 91.6 Å². The van der Waals surface area contributed by atoms with Crippen LogP contribution in [0.5, 0.6) is 0 Å². The number of carboxylic acid groups (broad SMARTS) is 1. The number of hydrogen-bond acceptors (Lipinski definition) is 10. The van der Waals surface area contributed by atoms with Gasteiger partial charge in [-0.2, -0.15) is 0 Å². The molecule has 15 heteroatoms. The molecule has 5 amide bonds. The van der Waals surface area contributed by atoms with Gasteiger partial charge < -0.3 is 46.3 Å². The minimum Gasteiger partial charge on any atom is -0.481 e. The number of hydrogen-bond donors (Lipinski definition) is 7. The first-order valence-corrected chi connectivity index (χ1v) is 11.2. The van der Waals surface area contributed by atoms with Crippen molar-refractivity contribution >= 4 is 36.0 Å². The summed E-state index contributed by atoms with van der Waals surface area (Å²) >= 11 is 0. The molecule has 0 saturated carbocycles. The third-order valence-electron chi connectivity index (χ3n) is 5.43. The smallest absolute Gasteiger partial charge is 0.324 e. The summed E-state index contributed by atoms with van der Waals surface area (Å²) in [6.45, 7) is 3.07. The van der Waals surface area contributed by atoms with Gasteiger partial charge in [0.05, 0.1) is 18.6 Å². The maximum absolute atomic E-state index is 13.4. The normalized spacial score (nSPS) is 16.9. The predicted octanol–water partition coefficient (Wildman–Crippen LogP) is -2.91. The molecule has 0 saturated heterocycles. The minimum atomic E-state index is -1.88. The molecule has 0 aromatic carbocycles. The van der Waals surface area contributed by atoms with E-state index in [1.165, 1.54) is 14.0 Å². The van der Waals surface area contributed by atoms with Crippen LogP contribution in [0.3, 0.4) is 0 Å². The van der Waals surface area contributed by atoms with Gasteiger partial charge in [-0.05, 0) is 19.8 Å². The lowest BCUT2D eigenvalue weighted by Gasteiger charge is -2.36. The van der Waals surface area contributed by atoms with Gasteiger partial charge >= 0.3 is 12.0 Å². The summed E-state index contributed by atoms with van der Waals surface area (Å²) in [6, 6.07) is -4.12. The van der Waals surface area contributed by atoms with Crippen molar-refractivity contribution in [1.82, 2.24) is 15.5 Å². The second-order valence-electron chi connectivity index (χ2n) is 8.04. The summed E-state index contributed by atoms with van der Waals surface area (Å²) in [4.78, 5) is 72.5. The zero-order valence-electron chi connectivity index (χ0n) is 20.6. The second kappa shape index (κ2) is 15.8. The van der Waals surface area contributed by atoms with Gasteiger partial charge in [-0.25, -0.2) is 4.79 Å². The number of urea groups is 1. The molecule has 0 spiro atoms. The first-order chi connectivity index (χ1) is 16.8.